The molecule has 2 aliphatic rings. The van der Waals surface area contributed by atoms with Gasteiger partial charge >= 0.3 is 6.03 Å². The average molecular weight is 663 g/mol. The van der Waals surface area contributed by atoms with Crippen LogP contribution in [0.25, 0.3) is 11.2 Å². The van der Waals surface area contributed by atoms with Crippen LogP contribution in [0.2, 0.25) is 0 Å². The van der Waals surface area contributed by atoms with Crippen LogP contribution in [0.5, 0.6) is 5.75 Å². The second kappa shape index (κ2) is 14.3. The van der Waals surface area contributed by atoms with Gasteiger partial charge in [0, 0.05) is 25.3 Å². The van der Waals surface area contributed by atoms with E-state index in [0.29, 0.717) is 54.5 Å². The summed E-state index contributed by atoms with van der Waals surface area (Å²) in [7, 11) is 0. The Hall–Kier alpha value is -5.10. The monoisotopic (exact) mass is 662 g/mol. The second-order valence-corrected chi connectivity index (χ2v) is 12.0. The molecule has 6 rings (SSSR count). The second-order valence-electron chi connectivity index (χ2n) is 12.0. The molecule has 4 heterocycles. The summed E-state index contributed by atoms with van der Waals surface area (Å²) in [5.74, 6) is 0.109. The third kappa shape index (κ3) is 7.23. The number of aliphatic hydroxyl groups excluding tert-OH is 4. The molecule has 3 amide bonds. The quantitative estimate of drug-likeness (QED) is 0.0984. The zero-order valence-electron chi connectivity index (χ0n) is 25.8. The molecule has 0 radical (unpaired) electrons. The van der Waals surface area contributed by atoms with Crippen molar-refractivity contribution >= 4 is 40.6 Å². The van der Waals surface area contributed by atoms with Gasteiger partial charge in [0.15, 0.2) is 17.0 Å². The van der Waals surface area contributed by atoms with E-state index in [1.54, 1.807) is 53.4 Å². The van der Waals surface area contributed by atoms with Crippen molar-refractivity contribution < 1.29 is 35.1 Å². The number of imidazole rings is 1. The number of aromatic nitrogens is 5. The van der Waals surface area contributed by atoms with Gasteiger partial charge < -0.3 is 56.3 Å². The number of nitrogens with zero attached hydrogens (tertiary/aromatic N) is 6. The van der Waals surface area contributed by atoms with Crippen LogP contribution < -0.4 is 26.2 Å². The van der Waals surface area contributed by atoms with Crippen LogP contribution in [0.4, 0.5) is 22.2 Å². The Balaban J connectivity index is 1.28. The van der Waals surface area contributed by atoms with Crippen LogP contribution in [-0.4, -0.2) is 119 Å². The number of aromatic hydroxyl groups is 1. The van der Waals surface area contributed by atoms with Crippen LogP contribution in [-0.2, 0) is 11.2 Å². The Morgan fingerprint density at radius 1 is 1.04 bits per heavy atom. The molecule has 0 bridgehead atoms. The van der Waals surface area contributed by atoms with E-state index in [9.17, 15) is 35.1 Å². The summed E-state index contributed by atoms with van der Waals surface area (Å²) in [5, 5.41) is 62.4. The highest BCUT2D eigenvalue weighted by Crippen LogP contribution is 2.35. The highest BCUT2D eigenvalue weighted by molar-refractivity contribution is 5.89. The lowest BCUT2D eigenvalue weighted by molar-refractivity contribution is -0.125. The summed E-state index contributed by atoms with van der Waals surface area (Å²) in [6.45, 7) is -0.0785. The first-order chi connectivity index (χ1) is 23.2. The molecule has 1 saturated carbocycles. The minimum Gasteiger partial charge on any atom is -0.508 e. The number of amides is 3. The van der Waals surface area contributed by atoms with Crippen molar-refractivity contribution in [3.05, 3.63) is 60.7 Å². The van der Waals surface area contributed by atoms with Crippen LogP contribution in [0.15, 0.2) is 55.1 Å². The number of carbonyl (C=O) groups is 2. The van der Waals surface area contributed by atoms with Crippen LogP contribution >= 0.6 is 0 Å². The molecule has 2 fully saturated rings. The molecule has 1 aliphatic heterocycles. The maximum absolute atomic E-state index is 12.6. The number of phenols is 1. The van der Waals surface area contributed by atoms with E-state index in [4.69, 9.17) is 9.97 Å². The number of fused-ring (bicyclic) bond motifs is 1. The molecular formula is C31H38N10O7. The molecule has 9 N–H and O–H groups in total. The Morgan fingerprint density at radius 3 is 2.58 bits per heavy atom. The number of anilines is 3. The number of aliphatic hydroxyl groups is 4. The fourth-order valence-corrected chi connectivity index (χ4v) is 6.19. The SMILES string of the molecule is O=C(CO)N[C@H]1C[C@@H](n2cnc3c(N[C@H](CO)Cc4ccc(O)cc4)nc(N4CC[C@@H](NC(=O)Nc5cccnc5)C4)nc32)[C@H](O)[C@@H]1O. The highest BCUT2D eigenvalue weighted by Gasteiger charge is 2.44. The van der Waals surface area contributed by atoms with Gasteiger partial charge in [-0.2, -0.15) is 9.97 Å². The van der Waals surface area contributed by atoms with Crippen LogP contribution in [0.3, 0.4) is 0 Å². The minimum absolute atomic E-state index is 0.130. The highest BCUT2D eigenvalue weighted by atomic mass is 16.3. The molecule has 6 atom stereocenters. The van der Waals surface area contributed by atoms with Gasteiger partial charge in [-0.25, -0.2) is 9.78 Å². The van der Waals surface area contributed by atoms with Gasteiger partial charge in [-0.1, -0.05) is 12.1 Å². The van der Waals surface area contributed by atoms with Crippen molar-refractivity contribution in [3.63, 3.8) is 0 Å². The van der Waals surface area contributed by atoms with E-state index < -0.39 is 42.8 Å². The van der Waals surface area contributed by atoms with Gasteiger partial charge in [-0.15, -0.1) is 0 Å². The largest absolute Gasteiger partial charge is 0.508 e. The van der Waals surface area contributed by atoms with E-state index in [1.165, 1.54) is 6.33 Å². The molecule has 254 valence electrons. The van der Waals surface area contributed by atoms with Crippen molar-refractivity contribution in [2.24, 2.45) is 0 Å². The topological polar surface area (TPSA) is 243 Å². The Labute approximate surface area is 274 Å². The van der Waals surface area contributed by atoms with Gasteiger partial charge in [0.25, 0.3) is 0 Å². The number of hydrogen-bond donors (Lipinski definition) is 9. The summed E-state index contributed by atoms with van der Waals surface area (Å²) in [5.41, 5.74) is 2.13. The fraction of sp³-hybridized carbons (Fsp3) is 0.419. The van der Waals surface area contributed by atoms with Crippen LogP contribution in [0.1, 0.15) is 24.4 Å². The minimum atomic E-state index is -1.30. The molecule has 17 heteroatoms. The van der Waals surface area contributed by atoms with Gasteiger partial charge in [-0.3, -0.25) is 9.78 Å². The summed E-state index contributed by atoms with van der Waals surface area (Å²) in [6, 6.07) is 7.49. The molecular weight excluding hydrogens is 624 g/mol. The first-order valence-electron chi connectivity index (χ1n) is 15.6. The predicted molar refractivity (Wildman–Crippen MR) is 173 cm³/mol. The van der Waals surface area contributed by atoms with E-state index in [0.717, 1.165) is 5.56 Å². The average Bonchev–Trinajstić information content (AvgIpc) is 3.80. The van der Waals surface area contributed by atoms with E-state index >= 15 is 0 Å². The van der Waals surface area contributed by atoms with Crippen molar-refractivity contribution in [3.8, 4) is 5.75 Å². The lowest BCUT2D eigenvalue weighted by Gasteiger charge is -2.22. The molecule has 1 saturated heterocycles. The standard InChI is InChI=1S/C31H38N10O7/c42-14-20(10-17-3-5-21(44)6-4-17)34-28-25-29(41(16-33-25)23-11-22(26(46)27(23)47)37-24(45)15-43)39-30(38-28)40-9-7-19(13-40)36-31(48)35-18-2-1-8-32-12-18/h1-6,8,12,16,19-20,22-23,26-27,42-44,46-47H,7,9-11,13-15H2,(H,37,45)(H,34,38,39)(H2,35,36,48)/t19-,20+,22+,23-,26-,27+/m1/s1. The lowest BCUT2D eigenvalue weighted by atomic mass is 10.1. The van der Waals surface area contributed by atoms with Gasteiger partial charge in [-0.05, 0) is 49.1 Å². The summed E-state index contributed by atoms with van der Waals surface area (Å²) in [4.78, 5) is 44.6. The van der Waals surface area contributed by atoms with E-state index in [1.807, 2.05) is 4.90 Å². The number of benzene rings is 1. The first-order valence-corrected chi connectivity index (χ1v) is 15.6. The Kier molecular flexibility index (Phi) is 9.81. The zero-order chi connectivity index (χ0) is 33.8. The van der Waals surface area contributed by atoms with Crippen molar-refractivity contribution in [1.82, 2.24) is 35.1 Å². The summed E-state index contributed by atoms with van der Waals surface area (Å²) in [6.07, 6.45) is 3.23. The predicted octanol–water partition coefficient (Wildman–Crippen LogP) is -0.513. The van der Waals surface area contributed by atoms with Gasteiger partial charge in [0.2, 0.25) is 11.9 Å². The number of phenolic OH excluding ortho intramolecular Hbond substituents is 1. The number of pyridine rings is 1. The summed E-state index contributed by atoms with van der Waals surface area (Å²) >= 11 is 0. The van der Waals surface area contributed by atoms with Crippen molar-refractivity contribution in [2.75, 3.05) is 41.8 Å². The third-order valence-electron chi connectivity index (χ3n) is 8.61. The van der Waals surface area contributed by atoms with Crippen LogP contribution in [0, 0.1) is 0 Å². The molecule has 1 aromatic carbocycles. The Morgan fingerprint density at radius 2 is 1.85 bits per heavy atom. The summed E-state index contributed by atoms with van der Waals surface area (Å²) < 4.78 is 1.63. The number of urea groups is 1. The molecule has 0 spiro atoms. The third-order valence-corrected chi connectivity index (χ3v) is 8.61. The molecule has 17 nitrogen and oxygen atoms in total. The van der Waals surface area contributed by atoms with Crippen molar-refractivity contribution in [1.29, 1.82) is 0 Å². The number of nitrogens with one attached hydrogen (secondary N) is 4. The number of rotatable bonds is 11. The fourth-order valence-electron chi connectivity index (χ4n) is 6.19. The normalized spacial score (nSPS) is 22.8. The Bertz CT molecular complexity index is 1720. The molecule has 3 aromatic heterocycles. The van der Waals surface area contributed by atoms with Gasteiger partial charge in [0.1, 0.15) is 24.6 Å². The first kappa shape index (κ1) is 32.8. The molecule has 48 heavy (non-hydrogen) atoms. The maximum atomic E-state index is 12.6. The number of hydrogen-bond acceptors (Lipinski definition) is 13. The molecule has 4 aromatic rings. The van der Waals surface area contributed by atoms with E-state index in [-0.39, 0.29) is 30.9 Å². The lowest BCUT2D eigenvalue weighted by Crippen LogP contribution is -2.44. The zero-order valence-corrected chi connectivity index (χ0v) is 25.8. The van der Waals surface area contributed by atoms with Crippen molar-refractivity contribution in [2.45, 2.75) is 55.6 Å². The smallest absolute Gasteiger partial charge is 0.319 e. The molecule has 0 unspecified atom stereocenters. The number of carbonyl (C=O) groups excluding carboxylic acids is 2. The van der Waals surface area contributed by atoms with E-state index in [2.05, 4.69) is 31.2 Å². The van der Waals surface area contributed by atoms with Gasteiger partial charge in [0.05, 0.1) is 42.9 Å². The maximum Gasteiger partial charge on any atom is 0.319 e. The molecule has 1 aliphatic carbocycles.